The second-order valence-electron chi connectivity index (χ2n) is 9.33. The quantitative estimate of drug-likeness (QED) is 0.228. The Morgan fingerprint density at radius 3 is 2.22 bits per heavy atom. The molecule has 0 radical (unpaired) electrons. The lowest BCUT2D eigenvalue weighted by molar-refractivity contribution is -0.131. The molecule has 0 aromatic heterocycles. The molecule has 8 heteroatoms. The molecule has 36 heavy (non-hydrogen) atoms. The predicted octanol–water partition coefficient (Wildman–Crippen LogP) is 4.90. The molecule has 190 valence electrons. The highest BCUT2D eigenvalue weighted by Crippen LogP contribution is 2.48. The summed E-state index contributed by atoms with van der Waals surface area (Å²) in [6.07, 6.45) is 3.27. The number of β-lactam (4-membered cyclic amide) rings is 1. The number of hydrogen-bond donors (Lipinski definition) is 4. The van der Waals surface area contributed by atoms with Gasteiger partial charge in [-0.1, -0.05) is 62.2 Å². The number of nitrogens with zero attached hydrogens (tertiary/aromatic N) is 1. The van der Waals surface area contributed by atoms with Crippen molar-refractivity contribution >= 4 is 24.5 Å². The van der Waals surface area contributed by atoms with Crippen molar-refractivity contribution < 1.29 is 29.4 Å². The number of amides is 1. The van der Waals surface area contributed by atoms with Gasteiger partial charge in [0.25, 0.3) is 0 Å². The summed E-state index contributed by atoms with van der Waals surface area (Å²) in [4.78, 5) is 33.6. The van der Waals surface area contributed by atoms with E-state index in [2.05, 4.69) is 6.92 Å². The van der Waals surface area contributed by atoms with Crippen LogP contribution in [0.3, 0.4) is 0 Å². The average molecular weight is 510 g/mol. The first-order valence-corrected chi connectivity index (χ1v) is 13.9. The lowest BCUT2D eigenvalue weighted by atomic mass is 9.77. The van der Waals surface area contributed by atoms with E-state index in [1.54, 1.807) is 29.2 Å². The van der Waals surface area contributed by atoms with E-state index in [1.807, 2.05) is 36.4 Å². The zero-order chi connectivity index (χ0) is 25.9. The molecule has 4 N–H and O–H groups in total. The smallest absolute Gasteiger partial charge is 0.356 e. The molecular weight excluding hydrogens is 477 g/mol. The Balaban J connectivity index is 1.61. The molecule has 1 heterocycles. The number of carbonyl (C=O) groups is 1. The fourth-order valence-corrected chi connectivity index (χ4v) is 5.38. The van der Waals surface area contributed by atoms with Gasteiger partial charge in [0, 0.05) is 11.3 Å². The number of hydrogen-bond acceptors (Lipinski definition) is 4. The molecule has 4 rings (SSSR count). The van der Waals surface area contributed by atoms with Crippen molar-refractivity contribution in [2.24, 2.45) is 5.92 Å². The van der Waals surface area contributed by atoms with Gasteiger partial charge in [-0.15, -0.1) is 0 Å². The summed E-state index contributed by atoms with van der Waals surface area (Å²) in [6.45, 7) is 2.08. The Hall–Kier alpha value is -2.96. The highest BCUT2D eigenvalue weighted by Gasteiger charge is 2.49. The fourth-order valence-electron chi connectivity index (χ4n) is 4.84. The zero-order valence-electron chi connectivity index (χ0n) is 20.2. The Morgan fingerprint density at radius 2 is 1.61 bits per heavy atom. The summed E-state index contributed by atoms with van der Waals surface area (Å²) in [5.41, 5.74) is 2.78. The molecular formula is C28H32NO6P. The van der Waals surface area contributed by atoms with Gasteiger partial charge >= 0.3 is 7.60 Å². The number of benzene rings is 3. The number of unbranched alkanes of at least 4 members (excludes halogenated alkanes) is 1. The third kappa shape index (κ3) is 5.55. The Bertz CT molecular complexity index is 1240. The minimum atomic E-state index is -4.33. The van der Waals surface area contributed by atoms with Gasteiger partial charge in [-0.25, -0.2) is 0 Å². The largest absolute Gasteiger partial charge is 0.508 e. The number of carbonyl (C=O) groups excluding carboxylic acids is 1. The van der Waals surface area contributed by atoms with Crippen molar-refractivity contribution in [2.45, 2.75) is 51.2 Å². The summed E-state index contributed by atoms with van der Waals surface area (Å²) in [5, 5.41) is 21.3. The predicted molar refractivity (Wildman–Crippen MR) is 140 cm³/mol. The van der Waals surface area contributed by atoms with E-state index in [9.17, 15) is 29.4 Å². The average Bonchev–Trinajstić information content (AvgIpc) is 2.86. The molecule has 1 aliphatic rings. The fraction of sp³-hybridized carbons (Fsp3) is 0.321. The molecule has 0 bridgehead atoms. The topological polar surface area (TPSA) is 118 Å². The van der Waals surface area contributed by atoms with Gasteiger partial charge < -0.3 is 24.9 Å². The lowest BCUT2D eigenvalue weighted by Gasteiger charge is -2.48. The first kappa shape index (κ1) is 26.1. The van der Waals surface area contributed by atoms with E-state index in [0.29, 0.717) is 36.0 Å². The van der Waals surface area contributed by atoms with Gasteiger partial charge in [0.15, 0.2) is 0 Å². The molecule has 0 spiro atoms. The number of para-hydroxylation sites is 1. The standard InChI is InChI=1S/C28H32NO6P/c1-2-3-9-22(30)13-17-25-27(29(28(25)32)21-7-5-4-6-8-21)24-16-12-20(18-26(24)31)19-10-14-23(15-11-19)36(33,34)35/h4-8,10-12,14-16,18,22,25,27,30-31H,2-3,9,13,17H2,1H3,(H2,33,34,35)/t22-,25-,27-/m1/s1. The molecule has 0 unspecified atom stereocenters. The maximum atomic E-state index is 13.2. The minimum absolute atomic E-state index is 0.0228. The Kier molecular flexibility index (Phi) is 7.96. The normalized spacial score (nSPS) is 18.7. The Morgan fingerprint density at radius 1 is 0.944 bits per heavy atom. The van der Waals surface area contributed by atoms with E-state index >= 15 is 0 Å². The van der Waals surface area contributed by atoms with Gasteiger partial charge in [0.1, 0.15) is 5.75 Å². The van der Waals surface area contributed by atoms with Crippen molar-refractivity contribution in [1.82, 2.24) is 0 Å². The third-order valence-electron chi connectivity index (χ3n) is 6.84. The molecule has 1 amide bonds. The third-order valence-corrected chi connectivity index (χ3v) is 7.81. The molecule has 1 fully saturated rings. The van der Waals surface area contributed by atoms with Gasteiger partial charge in [-0.05, 0) is 60.7 Å². The highest BCUT2D eigenvalue weighted by atomic mass is 31.2. The van der Waals surface area contributed by atoms with Crippen LogP contribution in [0, 0.1) is 5.92 Å². The van der Waals surface area contributed by atoms with E-state index in [-0.39, 0.29) is 28.9 Å². The van der Waals surface area contributed by atoms with Gasteiger partial charge in [0.05, 0.1) is 23.4 Å². The van der Waals surface area contributed by atoms with Crippen LogP contribution in [0.2, 0.25) is 0 Å². The number of rotatable bonds is 10. The van der Waals surface area contributed by atoms with Crippen LogP contribution in [0.1, 0.15) is 50.6 Å². The van der Waals surface area contributed by atoms with Gasteiger partial charge in [-0.3, -0.25) is 9.36 Å². The van der Waals surface area contributed by atoms with E-state index in [1.165, 1.54) is 12.1 Å². The molecule has 7 nitrogen and oxygen atoms in total. The van der Waals surface area contributed by atoms with Crippen LogP contribution in [0.5, 0.6) is 5.75 Å². The summed E-state index contributed by atoms with van der Waals surface area (Å²) < 4.78 is 11.5. The van der Waals surface area contributed by atoms with Crippen molar-refractivity contribution in [3.63, 3.8) is 0 Å². The molecule has 3 aromatic carbocycles. The van der Waals surface area contributed by atoms with Gasteiger partial charge in [0.2, 0.25) is 5.91 Å². The summed E-state index contributed by atoms with van der Waals surface area (Å²) in [5.74, 6) is -0.326. The molecule has 1 saturated heterocycles. The van der Waals surface area contributed by atoms with Gasteiger partial charge in [-0.2, -0.15) is 0 Å². The summed E-state index contributed by atoms with van der Waals surface area (Å²) >= 11 is 0. The zero-order valence-corrected chi connectivity index (χ0v) is 21.1. The van der Waals surface area contributed by atoms with Crippen LogP contribution in [0.4, 0.5) is 5.69 Å². The number of aromatic hydroxyl groups is 1. The van der Waals surface area contributed by atoms with E-state index < -0.39 is 13.7 Å². The highest BCUT2D eigenvalue weighted by molar-refractivity contribution is 7.60. The van der Waals surface area contributed by atoms with Crippen LogP contribution in [0.15, 0.2) is 72.8 Å². The molecule has 3 atom stereocenters. The van der Waals surface area contributed by atoms with E-state index in [0.717, 1.165) is 18.5 Å². The first-order chi connectivity index (χ1) is 17.2. The monoisotopic (exact) mass is 509 g/mol. The van der Waals surface area contributed by atoms with Crippen LogP contribution in [-0.4, -0.2) is 32.0 Å². The summed E-state index contributed by atoms with van der Waals surface area (Å²) in [6, 6.07) is 20.2. The molecule has 1 aliphatic heterocycles. The first-order valence-electron chi connectivity index (χ1n) is 12.3. The molecule has 0 aliphatic carbocycles. The van der Waals surface area contributed by atoms with E-state index in [4.69, 9.17) is 0 Å². The maximum absolute atomic E-state index is 13.2. The SMILES string of the molecule is CCCC[C@@H](O)CC[C@H]1C(=O)N(c2ccccc2)[C@@H]1c1ccc(-c2ccc(P(=O)(O)O)cc2)cc1O. The number of phenolic OH excluding ortho intramolecular Hbond substituents is 1. The van der Waals surface area contributed by atoms with Crippen LogP contribution in [-0.2, 0) is 9.36 Å². The lowest BCUT2D eigenvalue weighted by Crippen LogP contribution is -2.55. The van der Waals surface area contributed by atoms with Crippen molar-refractivity contribution in [3.8, 4) is 16.9 Å². The van der Waals surface area contributed by atoms with Crippen molar-refractivity contribution in [3.05, 3.63) is 78.4 Å². The minimum Gasteiger partial charge on any atom is -0.508 e. The molecule has 3 aromatic rings. The van der Waals surface area contributed by atoms with Crippen LogP contribution in [0.25, 0.3) is 11.1 Å². The van der Waals surface area contributed by atoms with Crippen molar-refractivity contribution in [2.75, 3.05) is 4.90 Å². The Labute approximate surface area is 211 Å². The second-order valence-corrected chi connectivity index (χ2v) is 10.9. The maximum Gasteiger partial charge on any atom is 0.356 e. The number of aliphatic hydroxyl groups excluding tert-OH is 1. The number of phenols is 1. The number of aliphatic hydroxyl groups is 1. The summed E-state index contributed by atoms with van der Waals surface area (Å²) in [7, 11) is -4.33. The second kappa shape index (κ2) is 11.0. The van der Waals surface area contributed by atoms with Crippen LogP contribution < -0.4 is 10.2 Å². The van der Waals surface area contributed by atoms with Crippen LogP contribution >= 0.6 is 7.60 Å². The molecule has 0 saturated carbocycles. The van der Waals surface area contributed by atoms with Crippen molar-refractivity contribution in [1.29, 1.82) is 0 Å². The number of anilines is 1.